The van der Waals surface area contributed by atoms with Crippen LogP contribution in [0, 0.1) is 5.41 Å². The Balaban J connectivity index is 4.54. The first-order valence-electron chi connectivity index (χ1n) is 4.60. The SMILES string of the molecule is C\C=C(C=O)/C=C\C(O)=C\C(C)(C)C. The highest BCUT2D eigenvalue weighted by Gasteiger charge is 2.05. The highest BCUT2D eigenvalue weighted by molar-refractivity contribution is 5.77. The van der Waals surface area contributed by atoms with Crippen molar-refractivity contribution in [2.45, 2.75) is 27.7 Å². The molecule has 2 heteroatoms. The summed E-state index contributed by atoms with van der Waals surface area (Å²) in [5.41, 5.74) is 0.491. The van der Waals surface area contributed by atoms with Gasteiger partial charge in [-0.05, 0) is 30.6 Å². The Morgan fingerprint density at radius 1 is 1.21 bits per heavy atom. The van der Waals surface area contributed by atoms with Gasteiger partial charge in [0.2, 0.25) is 0 Å². The Labute approximate surface area is 85.6 Å². The van der Waals surface area contributed by atoms with Crippen LogP contribution in [0.2, 0.25) is 0 Å². The van der Waals surface area contributed by atoms with Gasteiger partial charge >= 0.3 is 0 Å². The summed E-state index contributed by atoms with van der Waals surface area (Å²) in [6, 6.07) is 0. The normalized spacial score (nSPS) is 14.9. The molecular formula is C12H18O2. The standard InChI is InChI=1S/C12H18O2/c1-5-10(9-13)6-7-11(14)8-12(2,3)4/h5-9,14H,1-4H3/b7-6-,10-5+,11-8-. The quantitative estimate of drug-likeness (QED) is 0.324. The van der Waals surface area contributed by atoms with Crippen LogP contribution in [0.25, 0.3) is 0 Å². The van der Waals surface area contributed by atoms with Crippen molar-refractivity contribution < 1.29 is 9.90 Å². The summed E-state index contributed by atoms with van der Waals surface area (Å²) < 4.78 is 0. The summed E-state index contributed by atoms with van der Waals surface area (Å²) in [4.78, 5) is 10.4. The lowest BCUT2D eigenvalue weighted by molar-refractivity contribution is -0.104. The van der Waals surface area contributed by atoms with Crippen LogP contribution >= 0.6 is 0 Å². The summed E-state index contributed by atoms with van der Waals surface area (Å²) in [5.74, 6) is 0.179. The van der Waals surface area contributed by atoms with Gasteiger partial charge < -0.3 is 5.11 Å². The molecule has 0 bridgehead atoms. The molecule has 0 aliphatic heterocycles. The smallest absolute Gasteiger partial charge is 0.149 e. The predicted octanol–water partition coefficient (Wildman–Crippen LogP) is 3.18. The number of aliphatic hydroxyl groups is 1. The molecule has 0 aromatic rings. The molecule has 0 fully saturated rings. The molecule has 0 atom stereocenters. The number of hydrogen-bond acceptors (Lipinski definition) is 2. The minimum absolute atomic E-state index is 0.0638. The summed E-state index contributed by atoms with van der Waals surface area (Å²) in [6.45, 7) is 7.76. The van der Waals surface area contributed by atoms with Crippen LogP contribution in [0.5, 0.6) is 0 Å². The van der Waals surface area contributed by atoms with Crippen LogP contribution in [0.15, 0.2) is 35.6 Å². The van der Waals surface area contributed by atoms with Gasteiger partial charge in [-0.3, -0.25) is 4.79 Å². The number of allylic oxidation sites excluding steroid dienone is 5. The summed E-state index contributed by atoms with van der Waals surface area (Å²) >= 11 is 0. The molecule has 0 heterocycles. The Bertz CT molecular complexity index is 275. The predicted molar refractivity (Wildman–Crippen MR) is 59.1 cm³/mol. The van der Waals surface area contributed by atoms with Gasteiger partial charge in [0.1, 0.15) is 12.0 Å². The molecular weight excluding hydrogens is 176 g/mol. The molecule has 78 valence electrons. The Morgan fingerprint density at radius 3 is 2.14 bits per heavy atom. The van der Waals surface area contributed by atoms with E-state index in [1.807, 2.05) is 20.8 Å². The van der Waals surface area contributed by atoms with E-state index in [4.69, 9.17) is 0 Å². The fourth-order valence-corrected chi connectivity index (χ4v) is 0.877. The van der Waals surface area contributed by atoms with E-state index in [1.165, 1.54) is 6.08 Å². The molecule has 0 aromatic heterocycles. The summed E-state index contributed by atoms with van der Waals surface area (Å²) in [5, 5.41) is 9.46. The molecule has 0 rings (SSSR count). The Kier molecular flexibility index (Phi) is 4.92. The van der Waals surface area contributed by atoms with E-state index in [1.54, 1.807) is 25.2 Å². The number of aldehydes is 1. The molecule has 0 aromatic carbocycles. The van der Waals surface area contributed by atoms with Crippen LogP contribution in [0.4, 0.5) is 0 Å². The van der Waals surface area contributed by atoms with Gasteiger partial charge in [0.25, 0.3) is 0 Å². The molecule has 0 amide bonds. The molecule has 14 heavy (non-hydrogen) atoms. The second-order valence-electron chi connectivity index (χ2n) is 4.18. The molecule has 0 spiro atoms. The molecule has 0 saturated carbocycles. The molecule has 0 aliphatic rings. The molecule has 0 saturated heterocycles. The van der Waals surface area contributed by atoms with Gasteiger partial charge in [-0.1, -0.05) is 26.8 Å². The van der Waals surface area contributed by atoms with Crippen LogP contribution < -0.4 is 0 Å². The van der Waals surface area contributed by atoms with Gasteiger partial charge in [-0.25, -0.2) is 0 Å². The van der Waals surface area contributed by atoms with Crippen molar-refractivity contribution in [2.24, 2.45) is 5.41 Å². The zero-order valence-corrected chi connectivity index (χ0v) is 9.24. The number of hydrogen-bond donors (Lipinski definition) is 1. The lowest BCUT2D eigenvalue weighted by atomic mass is 9.96. The van der Waals surface area contributed by atoms with Crippen molar-refractivity contribution in [3.05, 3.63) is 35.6 Å². The second kappa shape index (κ2) is 5.43. The van der Waals surface area contributed by atoms with E-state index in [0.717, 1.165) is 6.29 Å². The van der Waals surface area contributed by atoms with Crippen molar-refractivity contribution >= 4 is 6.29 Å². The van der Waals surface area contributed by atoms with Crippen LogP contribution in [0.3, 0.4) is 0 Å². The minimum atomic E-state index is -0.0638. The third-order valence-electron chi connectivity index (χ3n) is 1.50. The van der Waals surface area contributed by atoms with E-state index in [-0.39, 0.29) is 11.2 Å². The Morgan fingerprint density at radius 2 is 1.79 bits per heavy atom. The van der Waals surface area contributed by atoms with Crippen molar-refractivity contribution in [3.8, 4) is 0 Å². The molecule has 0 unspecified atom stereocenters. The molecule has 0 aliphatic carbocycles. The first-order valence-corrected chi connectivity index (χ1v) is 4.60. The van der Waals surface area contributed by atoms with E-state index in [9.17, 15) is 9.90 Å². The maximum absolute atomic E-state index is 10.4. The number of carbonyl (C=O) groups is 1. The van der Waals surface area contributed by atoms with Gasteiger partial charge in [0, 0.05) is 5.57 Å². The average Bonchev–Trinajstić information content (AvgIpc) is 2.03. The third-order valence-corrected chi connectivity index (χ3v) is 1.50. The lowest BCUT2D eigenvalue weighted by Crippen LogP contribution is -2.00. The van der Waals surface area contributed by atoms with Gasteiger partial charge in [-0.15, -0.1) is 0 Å². The monoisotopic (exact) mass is 194 g/mol. The van der Waals surface area contributed by atoms with Gasteiger partial charge in [0.05, 0.1) is 0 Å². The third kappa shape index (κ3) is 6.23. The van der Waals surface area contributed by atoms with Crippen molar-refractivity contribution in [1.29, 1.82) is 0 Å². The Hall–Kier alpha value is -1.31. The van der Waals surface area contributed by atoms with E-state index < -0.39 is 0 Å². The maximum atomic E-state index is 10.4. The van der Waals surface area contributed by atoms with E-state index in [2.05, 4.69) is 0 Å². The fourth-order valence-electron chi connectivity index (χ4n) is 0.877. The van der Waals surface area contributed by atoms with Crippen molar-refractivity contribution in [1.82, 2.24) is 0 Å². The van der Waals surface area contributed by atoms with E-state index >= 15 is 0 Å². The number of carbonyl (C=O) groups excluding carboxylic acids is 1. The van der Waals surface area contributed by atoms with E-state index in [0.29, 0.717) is 5.57 Å². The van der Waals surface area contributed by atoms with Crippen LogP contribution in [0.1, 0.15) is 27.7 Å². The summed E-state index contributed by atoms with van der Waals surface area (Å²) in [7, 11) is 0. The van der Waals surface area contributed by atoms with Gasteiger partial charge in [-0.2, -0.15) is 0 Å². The first-order chi connectivity index (χ1) is 6.39. The highest BCUT2D eigenvalue weighted by Crippen LogP contribution is 2.17. The topological polar surface area (TPSA) is 37.3 Å². The lowest BCUT2D eigenvalue weighted by Gasteiger charge is -2.11. The second-order valence-corrected chi connectivity index (χ2v) is 4.18. The minimum Gasteiger partial charge on any atom is -0.508 e. The van der Waals surface area contributed by atoms with Crippen molar-refractivity contribution in [3.63, 3.8) is 0 Å². The van der Waals surface area contributed by atoms with Crippen molar-refractivity contribution in [2.75, 3.05) is 0 Å². The largest absolute Gasteiger partial charge is 0.508 e. The van der Waals surface area contributed by atoms with Gasteiger partial charge in [0.15, 0.2) is 0 Å². The molecule has 1 N–H and O–H groups in total. The number of aliphatic hydroxyl groups excluding tert-OH is 1. The number of rotatable bonds is 3. The molecule has 0 radical (unpaired) electrons. The van der Waals surface area contributed by atoms with Crippen LogP contribution in [-0.2, 0) is 4.79 Å². The van der Waals surface area contributed by atoms with Crippen LogP contribution in [-0.4, -0.2) is 11.4 Å². The molecule has 2 nitrogen and oxygen atoms in total. The average molecular weight is 194 g/mol. The first kappa shape index (κ1) is 12.7. The fraction of sp³-hybridized carbons (Fsp3) is 0.417. The maximum Gasteiger partial charge on any atom is 0.149 e. The zero-order valence-electron chi connectivity index (χ0n) is 9.24. The summed E-state index contributed by atoms with van der Waals surface area (Å²) in [6.07, 6.45) is 7.29. The highest BCUT2D eigenvalue weighted by atomic mass is 16.3. The zero-order chi connectivity index (χ0) is 11.2.